The summed E-state index contributed by atoms with van der Waals surface area (Å²) in [5, 5.41) is 15.4. The van der Waals surface area contributed by atoms with Crippen LogP contribution < -0.4 is 11.1 Å². The van der Waals surface area contributed by atoms with E-state index in [1.54, 1.807) is 29.2 Å². The molecule has 1 amide bonds. The molecule has 2 aromatic heterocycles. The van der Waals surface area contributed by atoms with E-state index in [1.807, 2.05) is 31.5 Å². The second-order valence-corrected chi connectivity index (χ2v) is 7.78. The van der Waals surface area contributed by atoms with Crippen molar-refractivity contribution in [1.82, 2.24) is 14.8 Å². The van der Waals surface area contributed by atoms with Gasteiger partial charge in [-0.1, -0.05) is 24.3 Å². The fraction of sp³-hybridized carbons (Fsp3) is 0.231. The molecule has 0 radical (unpaired) electrons. The average Bonchev–Trinajstić information content (AvgIpc) is 3.27. The smallest absolute Gasteiger partial charge is 0.229 e. The van der Waals surface area contributed by atoms with Crippen LogP contribution >= 0.6 is 0 Å². The van der Waals surface area contributed by atoms with Crippen LogP contribution in [-0.4, -0.2) is 27.2 Å². The van der Waals surface area contributed by atoms with Crippen LogP contribution in [0.2, 0.25) is 0 Å². The third-order valence-electron chi connectivity index (χ3n) is 5.09. The molecule has 7 nitrogen and oxygen atoms in total. The minimum absolute atomic E-state index is 0.0422. The van der Waals surface area contributed by atoms with E-state index in [9.17, 15) is 9.18 Å². The van der Waals surface area contributed by atoms with Gasteiger partial charge in [0.1, 0.15) is 17.7 Å². The van der Waals surface area contributed by atoms with Gasteiger partial charge in [-0.25, -0.2) is 9.37 Å². The topological polar surface area (TPSA) is 110 Å². The summed E-state index contributed by atoms with van der Waals surface area (Å²) in [6.07, 6.45) is 14.8. The first kappa shape index (κ1) is 24.6. The van der Waals surface area contributed by atoms with Gasteiger partial charge < -0.3 is 11.1 Å². The fourth-order valence-corrected chi connectivity index (χ4v) is 3.35. The maximum atomic E-state index is 12.9. The highest BCUT2D eigenvalue weighted by Crippen LogP contribution is 2.19. The number of anilines is 1. The third kappa shape index (κ3) is 7.22. The molecule has 1 aliphatic carbocycles. The van der Waals surface area contributed by atoms with Crippen molar-refractivity contribution in [2.24, 2.45) is 12.8 Å². The Bertz CT molecular complexity index is 1220. The highest BCUT2D eigenvalue weighted by Gasteiger charge is 2.08. The molecule has 2 heterocycles. The molecule has 0 spiro atoms. The molecule has 3 aromatic rings. The number of amides is 1. The van der Waals surface area contributed by atoms with Crippen molar-refractivity contribution < 1.29 is 9.18 Å². The van der Waals surface area contributed by atoms with Gasteiger partial charge in [-0.3, -0.25) is 9.48 Å². The molecule has 0 saturated carbocycles. The number of halogens is 1. The molecule has 0 fully saturated rings. The lowest BCUT2D eigenvalue weighted by molar-refractivity contribution is -0.115. The number of aryl methyl sites for hydroxylation is 1. The number of nitrogens with one attached hydrogen (secondary N) is 1. The van der Waals surface area contributed by atoms with Crippen LogP contribution in [0.3, 0.4) is 0 Å². The van der Waals surface area contributed by atoms with Gasteiger partial charge in [-0.2, -0.15) is 10.4 Å². The molecule has 1 aliphatic rings. The first-order valence-corrected chi connectivity index (χ1v) is 11.0. The van der Waals surface area contributed by atoms with Crippen molar-refractivity contribution in [2.75, 3.05) is 11.9 Å². The highest BCUT2D eigenvalue weighted by atomic mass is 19.1. The molecule has 0 aliphatic heterocycles. The van der Waals surface area contributed by atoms with Gasteiger partial charge in [0.05, 0.1) is 18.2 Å². The zero-order valence-electron chi connectivity index (χ0n) is 19.0. The van der Waals surface area contributed by atoms with Gasteiger partial charge in [0.15, 0.2) is 0 Å². The minimum atomic E-state index is -0.469. The molecule has 0 unspecified atom stereocenters. The van der Waals surface area contributed by atoms with Gasteiger partial charge in [0, 0.05) is 30.6 Å². The van der Waals surface area contributed by atoms with E-state index in [-0.39, 0.29) is 11.5 Å². The SMILES string of the molecule is Cn1cc(-c2ccc(NC(=O)CC3=CCCC=C3)nc2)cn1.N#Cc1ccc(CCN)cc1F. The second-order valence-electron chi connectivity index (χ2n) is 7.78. The Labute approximate surface area is 198 Å². The van der Waals surface area contributed by atoms with Crippen LogP contribution in [0.15, 0.2) is 72.7 Å². The maximum Gasteiger partial charge on any atom is 0.229 e. The van der Waals surface area contributed by atoms with Gasteiger partial charge in [-0.05, 0) is 61.2 Å². The Morgan fingerprint density at radius 2 is 2.09 bits per heavy atom. The molecule has 4 rings (SSSR count). The van der Waals surface area contributed by atoms with Crippen LogP contribution in [-0.2, 0) is 18.3 Å². The molecule has 0 atom stereocenters. The van der Waals surface area contributed by atoms with Gasteiger partial charge >= 0.3 is 0 Å². The van der Waals surface area contributed by atoms with Crippen molar-refractivity contribution in [3.63, 3.8) is 0 Å². The molecule has 3 N–H and O–H groups in total. The van der Waals surface area contributed by atoms with E-state index in [4.69, 9.17) is 11.0 Å². The number of carbonyl (C=O) groups excluding carboxylic acids is 1. The first-order chi connectivity index (χ1) is 16.5. The van der Waals surface area contributed by atoms with Crippen LogP contribution in [0.5, 0.6) is 0 Å². The fourth-order valence-electron chi connectivity index (χ4n) is 3.35. The maximum absolute atomic E-state index is 12.9. The lowest BCUT2D eigenvalue weighted by Crippen LogP contribution is -2.13. The Morgan fingerprint density at radius 1 is 1.24 bits per heavy atom. The van der Waals surface area contributed by atoms with Gasteiger partial charge in [-0.15, -0.1) is 0 Å². The number of hydrogen-bond acceptors (Lipinski definition) is 5. The van der Waals surface area contributed by atoms with Crippen LogP contribution in [0, 0.1) is 17.1 Å². The number of nitrogens with zero attached hydrogens (tertiary/aromatic N) is 4. The first-order valence-electron chi connectivity index (χ1n) is 11.0. The summed E-state index contributed by atoms with van der Waals surface area (Å²) in [4.78, 5) is 16.3. The quantitative estimate of drug-likeness (QED) is 0.573. The molecule has 0 saturated heterocycles. The lowest BCUT2D eigenvalue weighted by Gasteiger charge is -2.08. The van der Waals surface area contributed by atoms with E-state index in [2.05, 4.69) is 27.6 Å². The zero-order chi connectivity index (χ0) is 24.3. The summed E-state index contributed by atoms with van der Waals surface area (Å²) in [7, 11) is 1.87. The Kier molecular flexibility index (Phi) is 8.83. The van der Waals surface area contributed by atoms with E-state index >= 15 is 0 Å². The van der Waals surface area contributed by atoms with Gasteiger partial charge in [0.2, 0.25) is 5.91 Å². The van der Waals surface area contributed by atoms with Crippen LogP contribution in [0.25, 0.3) is 11.1 Å². The monoisotopic (exact) mass is 458 g/mol. The average molecular weight is 459 g/mol. The molecular weight excluding hydrogens is 431 g/mol. The molecule has 174 valence electrons. The van der Waals surface area contributed by atoms with Crippen molar-refractivity contribution in [2.45, 2.75) is 25.7 Å². The third-order valence-corrected chi connectivity index (χ3v) is 5.09. The van der Waals surface area contributed by atoms with E-state index in [0.717, 1.165) is 35.1 Å². The molecule has 34 heavy (non-hydrogen) atoms. The number of rotatable bonds is 6. The summed E-state index contributed by atoms with van der Waals surface area (Å²) < 4.78 is 14.7. The summed E-state index contributed by atoms with van der Waals surface area (Å²) in [6.45, 7) is 0.491. The Hall–Kier alpha value is -4.09. The predicted octanol–water partition coefficient (Wildman–Crippen LogP) is 4.29. The lowest BCUT2D eigenvalue weighted by atomic mass is 10.0. The largest absolute Gasteiger partial charge is 0.330 e. The standard InChI is InChI=1S/C17H18N4O.C9H9FN2/c1-21-12-15(11-19-21)14-7-8-16(18-10-14)20-17(22)9-13-5-3-2-4-6-13;10-9-5-7(3-4-11)1-2-8(9)6-12/h3,5-8,10-12H,2,4,9H2,1H3,(H,18,20,22);1-2,5H,3-4,11H2. The molecule has 0 bridgehead atoms. The van der Waals surface area contributed by atoms with E-state index in [1.165, 1.54) is 12.1 Å². The van der Waals surface area contributed by atoms with Crippen LogP contribution in [0.1, 0.15) is 30.4 Å². The summed E-state index contributed by atoms with van der Waals surface area (Å²) >= 11 is 0. The number of nitrogens with two attached hydrogens (primary N) is 1. The predicted molar refractivity (Wildman–Crippen MR) is 130 cm³/mol. The molecule has 1 aromatic carbocycles. The second kappa shape index (κ2) is 12.2. The number of allylic oxidation sites excluding steroid dienone is 3. The number of aromatic nitrogens is 3. The summed E-state index contributed by atoms with van der Waals surface area (Å²) in [5.74, 6) is 0.0564. The number of benzene rings is 1. The van der Waals surface area contributed by atoms with E-state index in [0.29, 0.717) is 25.2 Å². The van der Waals surface area contributed by atoms with Crippen molar-refractivity contribution in [3.8, 4) is 17.2 Å². The van der Waals surface area contributed by atoms with E-state index < -0.39 is 5.82 Å². The normalized spacial score (nSPS) is 12.2. The Morgan fingerprint density at radius 3 is 2.68 bits per heavy atom. The zero-order valence-corrected chi connectivity index (χ0v) is 19.0. The number of hydrogen-bond donors (Lipinski definition) is 2. The highest BCUT2D eigenvalue weighted by molar-refractivity contribution is 5.91. The van der Waals surface area contributed by atoms with Crippen molar-refractivity contribution in [3.05, 3.63) is 89.7 Å². The summed E-state index contributed by atoms with van der Waals surface area (Å²) in [5.41, 5.74) is 9.25. The minimum Gasteiger partial charge on any atom is -0.330 e. The van der Waals surface area contributed by atoms with Crippen molar-refractivity contribution >= 4 is 11.7 Å². The number of carbonyl (C=O) groups is 1. The Balaban J connectivity index is 0.000000229. The number of pyridine rings is 1. The van der Waals surface area contributed by atoms with Gasteiger partial charge in [0.25, 0.3) is 0 Å². The number of nitriles is 1. The molecule has 8 heteroatoms. The van der Waals surface area contributed by atoms with Crippen molar-refractivity contribution in [1.29, 1.82) is 5.26 Å². The van der Waals surface area contributed by atoms with Crippen LogP contribution in [0.4, 0.5) is 10.2 Å². The molecular formula is C26H27FN6O. The summed E-state index contributed by atoms with van der Waals surface area (Å²) in [6, 6.07) is 10.0.